The highest BCUT2D eigenvalue weighted by Crippen LogP contribution is 2.31. The Kier molecular flexibility index (Phi) is 9.47. The van der Waals surface area contributed by atoms with Crippen molar-refractivity contribution in [1.29, 1.82) is 0 Å². The molecule has 7 heteroatoms. The third-order valence-electron chi connectivity index (χ3n) is 8.48. The van der Waals surface area contributed by atoms with Gasteiger partial charge in [0.15, 0.2) is 0 Å². The minimum atomic E-state index is -0.0227. The van der Waals surface area contributed by atoms with Crippen LogP contribution in [0.2, 0.25) is 0 Å². The zero-order valence-electron chi connectivity index (χ0n) is 24.6. The molecule has 4 heterocycles. The number of benzene rings is 1. The predicted molar refractivity (Wildman–Crippen MR) is 170 cm³/mol. The highest BCUT2D eigenvalue weighted by Gasteiger charge is 2.28. The zero-order valence-corrected chi connectivity index (χ0v) is 25.5. The fourth-order valence-corrected chi connectivity index (χ4v) is 6.61. The third kappa shape index (κ3) is 7.03. The standard InChI is InChI=1S/C34H41N5OS/c1-24-11-16-35-22-29(24)23-39(30-9-7-28(8-10-30)32-6-5-21-41-32)31-14-19-38(20-15-31)26(3)13-18-37-34(40)33-25(2)12-17-36-27(33)4/h5-12,16-17,21-22,26,31H,13-15,18-20,23H2,1-4H3,(H,37,40). The number of amides is 1. The minimum absolute atomic E-state index is 0.0227. The Morgan fingerprint density at radius 1 is 1.05 bits per heavy atom. The van der Waals surface area contributed by atoms with Crippen molar-refractivity contribution in [3.8, 4) is 10.4 Å². The summed E-state index contributed by atoms with van der Waals surface area (Å²) in [5, 5.41) is 5.26. The topological polar surface area (TPSA) is 61.4 Å². The van der Waals surface area contributed by atoms with Crippen LogP contribution in [-0.4, -0.2) is 52.5 Å². The molecule has 0 aliphatic carbocycles. The summed E-state index contributed by atoms with van der Waals surface area (Å²) in [5.74, 6) is -0.0227. The third-order valence-corrected chi connectivity index (χ3v) is 9.40. The molecule has 1 fully saturated rings. The number of hydrogen-bond acceptors (Lipinski definition) is 6. The van der Waals surface area contributed by atoms with Crippen LogP contribution in [0.3, 0.4) is 0 Å². The first-order chi connectivity index (χ1) is 19.9. The SMILES string of the molecule is Cc1ccncc1CN(c1ccc(-c2cccs2)cc1)C1CCN(C(C)CCNC(=O)c2c(C)ccnc2C)CC1. The lowest BCUT2D eigenvalue weighted by Gasteiger charge is -2.42. The summed E-state index contributed by atoms with van der Waals surface area (Å²) in [6, 6.07) is 18.2. The Morgan fingerprint density at radius 2 is 1.80 bits per heavy atom. The maximum atomic E-state index is 12.8. The molecule has 214 valence electrons. The lowest BCUT2D eigenvalue weighted by molar-refractivity contribution is 0.0943. The first-order valence-electron chi connectivity index (χ1n) is 14.6. The van der Waals surface area contributed by atoms with Gasteiger partial charge in [0.1, 0.15) is 0 Å². The first kappa shape index (κ1) is 29.0. The molecule has 1 unspecified atom stereocenters. The highest BCUT2D eigenvalue weighted by molar-refractivity contribution is 7.13. The molecular formula is C34H41N5OS. The van der Waals surface area contributed by atoms with Crippen LogP contribution in [0, 0.1) is 20.8 Å². The summed E-state index contributed by atoms with van der Waals surface area (Å²) in [7, 11) is 0. The molecule has 1 saturated heterocycles. The molecule has 1 aromatic carbocycles. The summed E-state index contributed by atoms with van der Waals surface area (Å²) in [4.78, 5) is 28.0. The molecule has 0 bridgehead atoms. The van der Waals surface area contributed by atoms with Gasteiger partial charge in [-0.25, -0.2) is 0 Å². The van der Waals surface area contributed by atoms with E-state index < -0.39 is 0 Å². The Morgan fingerprint density at radius 3 is 2.49 bits per heavy atom. The van der Waals surface area contributed by atoms with Crippen LogP contribution in [0.4, 0.5) is 5.69 Å². The van der Waals surface area contributed by atoms with Gasteiger partial charge in [0.2, 0.25) is 0 Å². The van der Waals surface area contributed by atoms with Crippen molar-refractivity contribution in [3.05, 3.63) is 100 Å². The van der Waals surface area contributed by atoms with Crippen molar-refractivity contribution >= 4 is 22.9 Å². The molecule has 5 rings (SSSR count). The Balaban J connectivity index is 1.20. The minimum Gasteiger partial charge on any atom is -0.364 e. The van der Waals surface area contributed by atoms with Crippen LogP contribution in [0.15, 0.2) is 72.5 Å². The number of hydrogen-bond donors (Lipinski definition) is 1. The van der Waals surface area contributed by atoms with Gasteiger partial charge < -0.3 is 15.1 Å². The summed E-state index contributed by atoms with van der Waals surface area (Å²) in [6.07, 6.45) is 8.79. The second-order valence-electron chi connectivity index (χ2n) is 11.2. The molecule has 3 aromatic heterocycles. The van der Waals surface area contributed by atoms with Gasteiger partial charge in [-0.15, -0.1) is 11.3 Å². The van der Waals surface area contributed by atoms with E-state index in [4.69, 9.17) is 0 Å². The van der Waals surface area contributed by atoms with Crippen LogP contribution in [0.25, 0.3) is 10.4 Å². The zero-order chi connectivity index (χ0) is 28.8. The normalized spacial score (nSPS) is 15.0. The smallest absolute Gasteiger partial charge is 0.253 e. The number of aryl methyl sites for hydroxylation is 3. The Hall–Kier alpha value is -3.55. The molecule has 6 nitrogen and oxygen atoms in total. The summed E-state index contributed by atoms with van der Waals surface area (Å²) >= 11 is 1.78. The van der Waals surface area contributed by atoms with E-state index in [-0.39, 0.29) is 5.91 Å². The maximum absolute atomic E-state index is 12.8. The molecule has 41 heavy (non-hydrogen) atoms. The van der Waals surface area contributed by atoms with Crippen molar-refractivity contribution in [2.24, 2.45) is 0 Å². The molecule has 1 atom stereocenters. The molecule has 4 aromatic rings. The van der Waals surface area contributed by atoms with Crippen LogP contribution >= 0.6 is 11.3 Å². The summed E-state index contributed by atoms with van der Waals surface area (Å²) in [6.45, 7) is 11.9. The van der Waals surface area contributed by atoms with Gasteiger partial charge in [-0.2, -0.15) is 0 Å². The molecular weight excluding hydrogens is 526 g/mol. The van der Waals surface area contributed by atoms with Gasteiger partial charge in [0.25, 0.3) is 5.91 Å². The molecule has 0 saturated carbocycles. The van der Waals surface area contributed by atoms with Crippen LogP contribution in [0.1, 0.15) is 58.9 Å². The summed E-state index contributed by atoms with van der Waals surface area (Å²) in [5.41, 5.74) is 7.55. The van der Waals surface area contributed by atoms with E-state index in [1.165, 1.54) is 27.3 Å². The van der Waals surface area contributed by atoms with Crippen LogP contribution in [0.5, 0.6) is 0 Å². The van der Waals surface area contributed by atoms with Crippen molar-refractivity contribution in [3.63, 3.8) is 0 Å². The molecule has 1 N–H and O–H groups in total. The van der Waals surface area contributed by atoms with E-state index in [0.29, 0.717) is 24.2 Å². The Labute approximate surface area is 248 Å². The maximum Gasteiger partial charge on any atom is 0.253 e. The van der Waals surface area contributed by atoms with Gasteiger partial charge in [0.05, 0.1) is 11.3 Å². The quantitative estimate of drug-likeness (QED) is 0.228. The fraction of sp³-hybridized carbons (Fsp3) is 0.382. The van der Waals surface area contributed by atoms with E-state index in [1.807, 2.05) is 32.3 Å². The number of thiophene rings is 1. The van der Waals surface area contributed by atoms with Crippen molar-refractivity contribution in [1.82, 2.24) is 20.2 Å². The number of nitrogens with one attached hydrogen (secondary N) is 1. The van der Waals surface area contributed by atoms with Gasteiger partial charge in [0, 0.05) is 67.4 Å². The van der Waals surface area contributed by atoms with E-state index in [9.17, 15) is 4.79 Å². The average Bonchev–Trinajstić information content (AvgIpc) is 3.52. The van der Waals surface area contributed by atoms with Crippen molar-refractivity contribution in [2.75, 3.05) is 24.5 Å². The molecule has 1 aliphatic rings. The second kappa shape index (κ2) is 13.4. The number of rotatable bonds is 10. The lowest BCUT2D eigenvalue weighted by Crippen LogP contribution is -2.48. The largest absolute Gasteiger partial charge is 0.364 e. The number of pyridine rings is 2. The van der Waals surface area contributed by atoms with E-state index in [2.05, 4.69) is 86.8 Å². The fourth-order valence-electron chi connectivity index (χ4n) is 5.88. The summed E-state index contributed by atoms with van der Waals surface area (Å²) < 4.78 is 0. The monoisotopic (exact) mass is 567 g/mol. The van der Waals surface area contributed by atoms with Crippen molar-refractivity contribution < 1.29 is 4.79 Å². The van der Waals surface area contributed by atoms with Crippen molar-refractivity contribution in [2.45, 2.75) is 65.6 Å². The predicted octanol–water partition coefficient (Wildman–Crippen LogP) is 6.81. The number of nitrogens with zero attached hydrogens (tertiary/aromatic N) is 4. The second-order valence-corrected chi connectivity index (χ2v) is 12.2. The number of carbonyl (C=O) groups is 1. The number of aromatic nitrogens is 2. The van der Waals surface area contributed by atoms with Crippen LogP contribution < -0.4 is 10.2 Å². The van der Waals surface area contributed by atoms with Gasteiger partial charge >= 0.3 is 0 Å². The number of piperidine rings is 1. The van der Waals surface area contributed by atoms with Gasteiger partial charge in [-0.05, 0) is 105 Å². The number of carbonyl (C=O) groups excluding carboxylic acids is 1. The van der Waals surface area contributed by atoms with E-state index >= 15 is 0 Å². The Bertz CT molecular complexity index is 1410. The first-order valence-corrected chi connectivity index (χ1v) is 15.5. The molecule has 1 amide bonds. The van der Waals surface area contributed by atoms with Crippen LogP contribution in [-0.2, 0) is 6.54 Å². The lowest BCUT2D eigenvalue weighted by atomic mass is 9.98. The van der Waals surface area contributed by atoms with Gasteiger partial charge in [-0.3, -0.25) is 14.8 Å². The molecule has 1 aliphatic heterocycles. The molecule has 0 radical (unpaired) electrons. The average molecular weight is 568 g/mol. The number of likely N-dealkylation sites (tertiary alicyclic amines) is 1. The van der Waals surface area contributed by atoms with E-state index in [1.54, 1.807) is 17.5 Å². The van der Waals surface area contributed by atoms with E-state index in [0.717, 1.165) is 50.2 Å². The highest BCUT2D eigenvalue weighted by atomic mass is 32.1. The van der Waals surface area contributed by atoms with Gasteiger partial charge in [-0.1, -0.05) is 18.2 Å². The molecule has 0 spiro atoms. The number of anilines is 1.